The maximum atomic E-state index is 13.2. The molecule has 3 rings (SSSR count). The Kier molecular flexibility index (Phi) is 6.19. The third kappa shape index (κ3) is 5.37. The van der Waals surface area contributed by atoms with Crippen molar-refractivity contribution in [3.63, 3.8) is 0 Å². The summed E-state index contributed by atoms with van der Waals surface area (Å²) in [6.45, 7) is 5.09. The number of rotatable bonds is 7. The first kappa shape index (κ1) is 19.0. The van der Waals surface area contributed by atoms with Crippen molar-refractivity contribution in [2.24, 2.45) is 5.92 Å². The molecule has 0 saturated heterocycles. The second kappa shape index (κ2) is 8.77. The minimum Gasteiger partial charge on any atom is -0.493 e. The lowest BCUT2D eigenvalue weighted by Crippen LogP contribution is -2.23. The Hall–Kier alpha value is -2.73. The number of carbonyl (C=O) groups is 1. The first-order chi connectivity index (χ1) is 13.0. The summed E-state index contributed by atoms with van der Waals surface area (Å²) in [6, 6.07) is 13.8. The first-order valence-corrected chi connectivity index (χ1v) is 9.60. The maximum Gasteiger partial charge on any atom is 0.271 e. The number of carbonyl (C=O) groups excluding carboxylic acids is 1. The van der Waals surface area contributed by atoms with Crippen molar-refractivity contribution in [2.75, 3.05) is 6.61 Å². The van der Waals surface area contributed by atoms with E-state index < -0.39 is 0 Å². The lowest BCUT2D eigenvalue weighted by Gasteiger charge is -2.09. The molecule has 4 nitrogen and oxygen atoms in total. The van der Waals surface area contributed by atoms with E-state index in [2.05, 4.69) is 24.1 Å². The van der Waals surface area contributed by atoms with Gasteiger partial charge in [0, 0.05) is 17.5 Å². The van der Waals surface area contributed by atoms with Gasteiger partial charge in [0.15, 0.2) is 0 Å². The molecule has 0 bridgehead atoms. The number of hydrogen-bond acceptors (Lipinski definition) is 4. The van der Waals surface area contributed by atoms with Crippen LogP contribution in [0, 0.1) is 11.7 Å². The molecule has 1 aromatic heterocycles. The van der Waals surface area contributed by atoms with Gasteiger partial charge in [0.2, 0.25) is 0 Å². The molecule has 1 N–H and O–H groups in total. The summed E-state index contributed by atoms with van der Waals surface area (Å²) in [5.41, 5.74) is 1.96. The summed E-state index contributed by atoms with van der Waals surface area (Å²) in [5, 5.41) is 5.24. The van der Waals surface area contributed by atoms with Gasteiger partial charge in [-0.25, -0.2) is 9.37 Å². The van der Waals surface area contributed by atoms with E-state index >= 15 is 0 Å². The number of benzene rings is 2. The largest absolute Gasteiger partial charge is 0.493 e. The van der Waals surface area contributed by atoms with Gasteiger partial charge >= 0.3 is 0 Å². The molecule has 0 radical (unpaired) electrons. The number of aromatic nitrogens is 1. The van der Waals surface area contributed by atoms with Crippen LogP contribution in [-0.2, 0) is 6.54 Å². The Labute approximate surface area is 162 Å². The summed E-state index contributed by atoms with van der Waals surface area (Å²) in [5.74, 6) is 0.627. The van der Waals surface area contributed by atoms with Crippen LogP contribution >= 0.6 is 11.3 Å². The van der Waals surface area contributed by atoms with E-state index in [-0.39, 0.29) is 18.3 Å². The molecule has 0 fully saturated rings. The first-order valence-electron chi connectivity index (χ1n) is 8.72. The van der Waals surface area contributed by atoms with Crippen LogP contribution in [0.4, 0.5) is 4.39 Å². The second-order valence-corrected chi connectivity index (χ2v) is 7.44. The topological polar surface area (TPSA) is 51.2 Å². The fourth-order valence-electron chi connectivity index (χ4n) is 2.41. The van der Waals surface area contributed by atoms with E-state index in [0.717, 1.165) is 16.3 Å². The SMILES string of the molecule is CC(C)COc1cccc(-c2nc(C(=O)NCc3cccc(F)c3)cs2)c1. The van der Waals surface area contributed by atoms with Crippen LogP contribution in [-0.4, -0.2) is 17.5 Å². The molecule has 1 heterocycles. The van der Waals surface area contributed by atoms with Gasteiger partial charge in [-0.1, -0.05) is 38.1 Å². The fraction of sp³-hybridized carbons (Fsp3) is 0.238. The number of ether oxygens (including phenoxy) is 1. The third-order valence-corrected chi connectivity index (χ3v) is 4.63. The predicted molar refractivity (Wildman–Crippen MR) is 105 cm³/mol. The highest BCUT2D eigenvalue weighted by molar-refractivity contribution is 7.13. The van der Waals surface area contributed by atoms with Crippen molar-refractivity contribution in [1.82, 2.24) is 10.3 Å². The Bertz CT molecular complexity index is 924. The van der Waals surface area contributed by atoms with Gasteiger partial charge in [0.25, 0.3) is 5.91 Å². The van der Waals surface area contributed by atoms with Crippen molar-refractivity contribution in [1.29, 1.82) is 0 Å². The molecular formula is C21H21FN2O2S. The standard InChI is InChI=1S/C21H21FN2O2S/c1-14(2)12-26-18-8-4-6-16(10-18)21-24-19(13-27-21)20(25)23-11-15-5-3-7-17(22)9-15/h3-10,13-14H,11-12H2,1-2H3,(H,23,25). The summed E-state index contributed by atoms with van der Waals surface area (Å²) in [6.07, 6.45) is 0. The number of hydrogen-bond donors (Lipinski definition) is 1. The van der Waals surface area contributed by atoms with Crippen LogP contribution in [0.2, 0.25) is 0 Å². The number of halogens is 1. The van der Waals surface area contributed by atoms with Gasteiger partial charge in [-0.05, 0) is 35.7 Å². The second-order valence-electron chi connectivity index (χ2n) is 6.58. The Morgan fingerprint density at radius 3 is 2.81 bits per heavy atom. The lowest BCUT2D eigenvalue weighted by atomic mass is 10.2. The number of amides is 1. The minimum atomic E-state index is -0.322. The molecule has 0 saturated carbocycles. The molecule has 3 aromatic rings. The van der Waals surface area contributed by atoms with Crippen LogP contribution in [0.15, 0.2) is 53.9 Å². The van der Waals surface area contributed by atoms with E-state index in [4.69, 9.17) is 4.74 Å². The fourth-order valence-corrected chi connectivity index (χ4v) is 3.21. The number of nitrogens with one attached hydrogen (secondary N) is 1. The molecule has 0 aliphatic rings. The molecule has 0 atom stereocenters. The molecule has 6 heteroatoms. The highest BCUT2D eigenvalue weighted by Gasteiger charge is 2.12. The molecule has 1 amide bonds. The number of thiazole rings is 1. The smallest absolute Gasteiger partial charge is 0.271 e. The molecule has 0 aliphatic heterocycles. The van der Waals surface area contributed by atoms with Gasteiger partial charge in [-0.15, -0.1) is 11.3 Å². The zero-order valence-electron chi connectivity index (χ0n) is 15.2. The van der Waals surface area contributed by atoms with E-state index in [0.29, 0.717) is 23.8 Å². The molecule has 0 unspecified atom stereocenters. The monoisotopic (exact) mass is 384 g/mol. The quantitative estimate of drug-likeness (QED) is 0.629. The van der Waals surface area contributed by atoms with Gasteiger partial charge in [-0.2, -0.15) is 0 Å². The third-order valence-electron chi connectivity index (χ3n) is 3.74. The zero-order chi connectivity index (χ0) is 19.2. The van der Waals surface area contributed by atoms with Gasteiger partial charge < -0.3 is 10.1 Å². The van der Waals surface area contributed by atoms with Crippen LogP contribution in [0.1, 0.15) is 29.9 Å². The van der Waals surface area contributed by atoms with Crippen LogP contribution in [0.5, 0.6) is 5.75 Å². The molecule has 0 spiro atoms. The van der Waals surface area contributed by atoms with Gasteiger partial charge in [-0.3, -0.25) is 4.79 Å². The van der Waals surface area contributed by atoms with E-state index in [1.54, 1.807) is 17.5 Å². The summed E-state index contributed by atoms with van der Waals surface area (Å²) >= 11 is 1.40. The Morgan fingerprint density at radius 2 is 2.04 bits per heavy atom. The Balaban J connectivity index is 1.65. The predicted octanol–water partition coefficient (Wildman–Crippen LogP) is 4.91. The van der Waals surface area contributed by atoms with E-state index in [9.17, 15) is 9.18 Å². The normalized spacial score (nSPS) is 10.8. The number of nitrogens with zero attached hydrogens (tertiary/aromatic N) is 1. The minimum absolute atomic E-state index is 0.252. The average Bonchev–Trinajstić information content (AvgIpc) is 3.15. The Morgan fingerprint density at radius 1 is 1.22 bits per heavy atom. The van der Waals surface area contributed by atoms with Crippen molar-refractivity contribution in [3.05, 3.63) is 71.0 Å². The average molecular weight is 384 g/mol. The van der Waals surface area contributed by atoms with Gasteiger partial charge in [0.1, 0.15) is 22.3 Å². The van der Waals surface area contributed by atoms with Crippen LogP contribution in [0.3, 0.4) is 0 Å². The highest BCUT2D eigenvalue weighted by atomic mass is 32.1. The maximum absolute atomic E-state index is 13.2. The van der Waals surface area contributed by atoms with Crippen molar-refractivity contribution in [2.45, 2.75) is 20.4 Å². The molecule has 2 aromatic carbocycles. The van der Waals surface area contributed by atoms with Crippen molar-refractivity contribution >= 4 is 17.2 Å². The highest BCUT2D eigenvalue weighted by Crippen LogP contribution is 2.27. The summed E-state index contributed by atoms with van der Waals surface area (Å²) in [7, 11) is 0. The molecular weight excluding hydrogens is 363 g/mol. The lowest BCUT2D eigenvalue weighted by molar-refractivity contribution is 0.0946. The summed E-state index contributed by atoms with van der Waals surface area (Å²) < 4.78 is 19.0. The van der Waals surface area contributed by atoms with Crippen molar-refractivity contribution < 1.29 is 13.9 Å². The van der Waals surface area contributed by atoms with Gasteiger partial charge in [0.05, 0.1) is 6.61 Å². The molecule has 0 aliphatic carbocycles. The summed E-state index contributed by atoms with van der Waals surface area (Å²) in [4.78, 5) is 16.7. The molecule has 27 heavy (non-hydrogen) atoms. The molecule has 140 valence electrons. The zero-order valence-corrected chi connectivity index (χ0v) is 16.1. The van der Waals surface area contributed by atoms with Crippen LogP contribution in [0.25, 0.3) is 10.6 Å². The van der Waals surface area contributed by atoms with E-state index in [1.165, 1.54) is 23.5 Å². The van der Waals surface area contributed by atoms with Crippen LogP contribution < -0.4 is 10.1 Å². The van der Waals surface area contributed by atoms with E-state index in [1.807, 2.05) is 24.3 Å². The van der Waals surface area contributed by atoms with Crippen molar-refractivity contribution in [3.8, 4) is 16.3 Å².